The number of nitrogens with zero attached hydrogens (tertiary/aromatic N) is 2. The highest BCUT2D eigenvalue weighted by Crippen LogP contribution is 2.32. The fourth-order valence-electron chi connectivity index (χ4n) is 4.17. The highest BCUT2D eigenvalue weighted by molar-refractivity contribution is 6.08. The van der Waals surface area contributed by atoms with Gasteiger partial charge in [0.15, 0.2) is 0 Å². The predicted molar refractivity (Wildman–Crippen MR) is 106 cm³/mol. The second-order valence-electron chi connectivity index (χ2n) is 7.79. The van der Waals surface area contributed by atoms with Crippen LogP contribution in [-0.4, -0.2) is 27.5 Å². The normalized spacial score (nSPS) is 16.1. The standard InChI is InChI=1S/C21H24N4O4/c1-11-9-14(13(3)28-11)16-10-15(17-12(2)25-29-19(17)23-16)18(26)24-21(20(22)27)7-5-4-6-8-21/h9-10H,4-8H2,1-3H3,(H2,22,27)(H,24,26). The summed E-state index contributed by atoms with van der Waals surface area (Å²) >= 11 is 0. The third kappa shape index (κ3) is 3.28. The Morgan fingerprint density at radius 1 is 1.14 bits per heavy atom. The Morgan fingerprint density at radius 2 is 1.86 bits per heavy atom. The molecule has 0 aromatic carbocycles. The minimum atomic E-state index is -1.03. The number of aryl methyl sites for hydroxylation is 3. The van der Waals surface area contributed by atoms with Crippen LogP contribution in [0.25, 0.3) is 22.4 Å². The first kappa shape index (κ1) is 19.2. The van der Waals surface area contributed by atoms with Gasteiger partial charge < -0.3 is 20.0 Å². The second kappa shape index (κ2) is 7.02. The molecule has 0 atom stereocenters. The zero-order valence-electron chi connectivity index (χ0n) is 16.8. The van der Waals surface area contributed by atoms with E-state index in [1.54, 1.807) is 13.0 Å². The molecule has 0 spiro atoms. The number of primary amides is 1. The van der Waals surface area contributed by atoms with Crippen LogP contribution in [-0.2, 0) is 4.79 Å². The largest absolute Gasteiger partial charge is 0.466 e. The van der Waals surface area contributed by atoms with E-state index < -0.39 is 11.4 Å². The maximum atomic E-state index is 13.3. The Bertz CT molecular complexity index is 1110. The van der Waals surface area contributed by atoms with Crippen LogP contribution in [0.5, 0.6) is 0 Å². The summed E-state index contributed by atoms with van der Waals surface area (Å²) in [6, 6.07) is 3.55. The molecule has 152 valence electrons. The molecule has 1 fully saturated rings. The van der Waals surface area contributed by atoms with Crippen molar-refractivity contribution in [3.05, 3.63) is 34.9 Å². The summed E-state index contributed by atoms with van der Waals surface area (Å²) in [6.45, 7) is 5.44. The lowest BCUT2D eigenvalue weighted by Crippen LogP contribution is -2.58. The monoisotopic (exact) mass is 396 g/mol. The third-order valence-corrected chi connectivity index (χ3v) is 5.71. The van der Waals surface area contributed by atoms with Crippen molar-refractivity contribution in [2.24, 2.45) is 5.73 Å². The molecule has 1 aliphatic carbocycles. The molecule has 3 aromatic heterocycles. The van der Waals surface area contributed by atoms with Gasteiger partial charge in [0, 0.05) is 5.56 Å². The highest BCUT2D eigenvalue weighted by Gasteiger charge is 2.40. The quantitative estimate of drug-likeness (QED) is 0.697. The molecule has 3 N–H and O–H groups in total. The Balaban J connectivity index is 1.81. The first-order chi connectivity index (χ1) is 13.8. The number of pyridine rings is 1. The van der Waals surface area contributed by atoms with E-state index in [0.29, 0.717) is 40.9 Å². The number of amides is 2. The van der Waals surface area contributed by atoms with Crippen molar-refractivity contribution in [2.75, 3.05) is 0 Å². The number of hydrogen-bond acceptors (Lipinski definition) is 6. The maximum absolute atomic E-state index is 13.3. The number of furan rings is 1. The molecule has 0 bridgehead atoms. The molecular weight excluding hydrogens is 372 g/mol. The van der Waals surface area contributed by atoms with Gasteiger partial charge in [0.05, 0.1) is 22.3 Å². The minimum Gasteiger partial charge on any atom is -0.466 e. The predicted octanol–water partition coefficient (Wildman–Crippen LogP) is 3.33. The molecule has 1 saturated carbocycles. The fourth-order valence-corrected chi connectivity index (χ4v) is 4.17. The number of nitrogens with one attached hydrogen (secondary N) is 1. The number of carbonyl (C=O) groups excluding carboxylic acids is 2. The molecule has 1 aliphatic rings. The SMILES string of the molecule is Cc1cc(-c2cc(C(=O)NC3(C(N)=O)CCCCC3)c3c(C)noc3n2)c(C)o1. The Kier molecular flexibility index (Phi) is 4.64. The molecule has 0 unspecified atom stereocenters. The minimum absolute atomic E-state index is 0.264. The lowest BCUT2D eigenvalue weighted by molar-refractivity contribution is -0.125. The summed E-state index contributed by atoms with van der Waals surface area (Å²) in [7, 11) is 0. The van der Waals surface area contributed by atoms with E-state index in [9.17, 15) is 9.59 Å². The van der Waals surface area contributed by atoms with Crippen molar-refractivity contribution >= 4 is 22.9 Å². The van der Waals surface area contributed by atoms with Gasteiger partial charge in [0.25, 0.3) is 11.6 Å². The van der Waals surface area contributed by atoms with Crippen LogP contribution in [0, 0.1) is 20.8 Å². The molecule has 29 heavy (non-hydrogen) atoms. The smallest absolute Gasteiger partial charge is 0.259 e. The molecule has 4 rings (SSSR count). The van der Waals surface area contributed by atoms with Crippen LogP contribution < -0.4 is 11.1 Å². The van der Waals surface area contributed by atoms with E-state index in [0.717, 1.165) is 30.6 Å². The molecule has 0 saturated heterocycles. The molecule has 3 aromatic rings. The fraction of sp³-hybridized carbons (Fsp3) is 0.429. The van der Waals surface area contributed by atoms with Crippen molar-refractivity contribution in [2.45, 2.75) is 58.4 Å². The summed E-state index contributed by atoms with van der Waals surface area (Å²) < 4.78 is 11.0. The summed E-state index contributed by atoms with van der Waals surface area (Å²) in [6.07, 6.45) is 3.80. The molecule has 0 aliphatic heterocycles. The van der Waals surface area contributed by atoms with Gasteiger partial charge in [-0.2, -0.15) is 0 Å². The van der Waals surface area contributed by atoms with Crippen LogP contribution in [0.4, 0.5) is 0 Å². The van der Waals surface area contributed by atoms with Crippen LogP contribution in [0.2, 0.25) is 0 Å². The summed E-state index contributed by atoms with van der Waals surface area (Å²) in [5.41, 5.74) is 7.15. The lowest BCUT2D eigenvalue weighted by atomic mass is 9.81. The third-order valence-electron chi connectivity index (χ3n) is 5.71. The van der Waals surface area contributed by atoms with Crippen molar-refractivity contribution in [3.63, 3.8) is 0 Å². The van der Waals surface area contributed by atoms with E-state index in [2.05, 4.69) is 15.5 Å². The topological polar surface area (TPSA) is 124 Å². The number of aromatic nitrogens is 2. The van der Waals surface area contributed by atoms with Crippen LogP contribution in [0.3, 0.4) is 0 Å². The number of nitrogens with two attached hydrogens (primary N) is 1. The van der Waals surface area contributed by atoms with Crippen molar-refractivity contribution in [1.29, 1.82) is 0 Å². The van der Waals surface area contributed by atoms with E-state index in [1.807, 2.05) is 19.9 Å². The summed E-state index contributed by atoms with van der Waals surface area (Å²) in [5, 5.41) is 7.42. The van der Waals surface area contributed by atoms with E-state index in [4.69, 9.17) is 14.7 Å². The van der Waals surface area contributed by atoms with Gasteiger partial charge in [-0.1, -0.05) is 24.4 Å². The first-order valence-electron chi connectivity index (χ1n) is 9.77. The van der Waals surface area contributed by atoms with Gasteiger partial charge in [0.2, 0.25) is 5.91 Å². The number of fused-ring (bicyclic) bond motifs is 1. The number of rotatable bonds is 4. The van der Waals surface area contributed by atoms with Crippen molar-refractivity contribution in [3.8, 4) is 11.3 Å². The van der Waals surface area contributed by atoms with Gasteiger partial charge in [-0.15, -0.1) is 0 Å². The maximum Gasteiger partial charge on any atom is 0.259 e. The number of hydrogen-bond donors (Lipinski definition) is 2. The van der Waals surface area contributed by atoms with Gasteiger partial charge in [-0.25, -0.2) is 4.98 Å². The Hall–Kier alpha value is -3.16. The Morgan fingerprint density at radius 3 is 2.48 bits per heavy atom. The second-order valence-corrected chi connectivity index (χ2v) is 7.79. The average molecular weight is 396 g/mol. The van der Waals surface area contributed by atoms with E-state index in [1.165, 1.54) is 0 Å². The van der Waals surface area contributed by atoms with Gasteiger partial charge >= 0.3 is 0 Å². The zero-order chi connectivity index (χ0) is 20.8. The molecule has 8 heteroatoms. The lowest BCUT2D eigenvalue weighted by Gasteiger charge is -2.35. The van der Waals surface area contributed by atoms with Crippen LogP contribution in [0.1, 0.15) is 59.7 Å². The molecular formula is C21H24N4O4. The average Bonchev–Trinajstić information content (AvgIpc) is 3.23. The highest BCUT2D eigenvalue weighted by atomic mass is 16.5. The summed E-state index contributed by atoms with van der Waals surface area (Å²) in [4.78, 5) is 30.1. The van der Waals surface area contributed by atoms with Crippen LogP contribution >= 0.6 is 0 Å². The first-order valence-corrected chi connectivity index (χ1v) is 9.77. The van der Waals surface area contributed by atoms with Crippen LogP contribution in [0.15, 0.2) is 21.1 Å². The van der Waals surface area contributed by atoms with Crippen molar-refractivity contribution in [1.82, 2.24) is 15.5 Å². The van der Waals surface area contributed by atoms with E-state index in [-0.39, 0.29) is 11.6 Å². The van der Waals surface area contributed by atoms with Gasteiger partial charge in [-0.3, -0.25) is 9.59 Å². The molecule has 8 nitrogen and oxygen atoms in total. The Labute approximate surface area is 167 Å². The summed E-state index contributed by atoms with van der Waals surface area (Å²) in [5.74, 6) is 0.551. The van der Waals surface area contributed by atoms with Crippen molar-refractivity contribution < 1.29 is 18.5 Å². The molecule has 0 radical (unpaired) electrons. The molecule has 3 heterocycles. The molecule has 2 amide bonds. The van der Waals surface area contributed by atoms with Gasteiger partial charge in [0.1, 0.15) is 17.1 Å². The zero-order valence-corrected chi connectivity index (χ0v) is 16.8. The van der Waals surface area contributed by atoms with Gasteiger partial charge in [-0.05, 0) is 45.7 Å². The van der Waals surface area contributed by atoms with E-state index >= 15 is 0 Å². The number of carbonyl (C=O) groups is 2.